The largest absolute Gasteiger partial charge is 0.481 e. The molecular weight excluding hydrogens is 263 g/mol. The summed E-state index contributed by atoms with van der Waals surface area (Å²) >= 11 is 0. The van der Waals surface area contributed by atoms with E-state index in [2.05, 4.69) is 5.32 Å². The molecule has 0 bridgehead atoms. The highest BCUT2D eigenvalue weighted by Gasteiger charge is 2.34. The Morgan fingerprint density at radius 1 is 1.32 bits per heavy atom. The quantitative estimate of drug-likeness (QED) is 0.884. The number of carbonyl (C=O) groups is 2. The van der Waals surface area contributed by atoms with Gasteiger partial charge in [0.25, 0.3) is 5.91 Å². The van der Waals surface area contributed by atoms with E-state index in [-0.39, 0.29) is 6.54 Å². The van der Waals surface area contributed by atoms with Crippen molar-refractivity contribution in [2.45, 2.75) is 13.1 Å². The summed E-state index contributed by atoms with van der Waals surface area (Å²) in [4.78, 5) is 22.2. The lowest BCUT2D eigenvalue weighted by Crippen LogP contribution is -2.32. The maximum Gasteiger partial charge on any atom is 0.417 e. The van der Waals surface area contributed by atoms with Gasteiger partial charge in [0.05, 0.1) is 17.0 Å². The summed E-state index contributed by atoms with van der Waals surface area (Å²) in [6.07, 6.45) is -4.63. The third-order valence-corrected chi connectivity index (χ3v) is 2.47. The van der Waals surface area contributed by atoms with Gasteiger partial charge < -0.3 is 10.4 Å². The first-order chi connectivity index (χ1) is 8.73. The Labute approximate surface area is 107 Å². The number of rotatable bonds is 4. The fourth-order valence-electron chi connectivity index (χ4n) is 1.36. The molecule has 0 aliphatic rings. The van der Waals surface area contributed by atoms with Crippen LogP contribution in [-0.2, 0) is 11.0 Å². The summed E-state index contributed by atoms with van der Waals surface area (Å²) in [5.41, 5.74) is -1.57. The predicted molar refractivity (Wildman–Crippen MR) is 60.6 cm³/mol. The molecule has 0 heterocycles. The first-order valence-corrected chi connectivity index (χ1v) is 5.40. The molecule has 104 valence electrons. The molecule has 1 rings (SSSR count). The van der Waals surface area contributed by atoms with Gasteiger partial charge in [0.2, 0.25) is 0 Å². The first-order valence-electron chi connectivity index (χ1n) is 5.40. The number of carbonyl (C=O) groups excluding carboxylic acids is 1. The van der Waals surface area contributed by atoms with Gasteiger partial charge in [-0.2, -0.15) is 13.2 Å². The van der Waals surface area contributed by atoms with Crippen molar-refractivity contribution in [2.75, 3.05) is 6.54 Å². The van der Waals surface area contributed by atoms with E-state index >= 15 is 0 Å². The molecule has 1 unspecified atom stereocenters. The zero-order valence-electron chi connectivity index (χ0n) is 9.99. The summed E-state index contributed by atoms with van der Waals surface area (Å²) in [5.74, 6) is -2.95. The number of hydrogen-bond acceptors (Lipinski definition) is 2. The van der Waals surface area contributed by atoms with Crippen LogP contribution in [0.25, 0.3) is 0 Å². The van der Waals surface area contributed by atoms with E-state index in [1.807, 2.05) is 0 Å². The number of carboxylic acids is 1. The molecule has 1 aromatic carbocycles. The van der Waals surface area contributed by atoms with E-state index in [1.165, 1.54) is 19.1 Å². The van der Waals surface area contributed by atoms with E-state index in [0.717, 1.165) is 12.1 Å². The van der Waals surface area contributed by atoms with Crippen LogP contribution in [0.2, 0.25) is 0 Å². The lowest BCUT2D eigenvalue weighted by molar-refractivity contribution is -0.141. The van der Waals surface area contributed by atoms with Crippen molar-refractivity contribution in [3.63, 3.8) is 0 Å². The molecule has 1 amide bonds. The molecule has 1 atom stereocenters. The Hall–Kier alpha value is -2.05. The van der Waals surface area contributed by atoms with Gasteiger partial charge >= 0.3 is 12.1 Å². The summed E-state index contributed by atoms with van der Waals surface area (Å²) < 4.78 is 38.0. The van der Waals surface area contributed by atoms with Crippen molar-refractivity contribution in [1.29, 1.82) is 0 Å². The molecule has 0 saturated carbocycles. The normalized spacial score (nSPS) is 12.8. The molecule has 0 aliphatic heterocycles. The van der Waals surface area contributed by atoms with Gasteiger partial charge in [-0.1, -0.05) is 19.1 Å². The van der Waals surface area contributed by atoms with Gasteiger partial charge in [-0.05, 0) is 12.1 Å². The van der Waals surface area contributed by atoms with Crippen LogP contribution in [0.4, 0.5) is 13.2 Å². The first kappa shape index (κ1) is 15.0. The highest BCUT2D eigenvalue weighted by atomic mass is 19.4. The average molecular weight is 275 g/mol. The van der Waals surface area contributed by atoms with E-state index < -0.39 is 35.1 Å². The molecule has 0 aliphatic carbocycles. The average Bonchev–Trinajstić information content (AvgIpc) is 2.34. The zero-order valence-corrected chi connectivity index (χ0v) is 9.99. The van der Waals surface area contributed by atoms with Gasteiger partial charge in [-0.3, -0.25) is 9.59 Å². The molecule has 0 radical (unpaired) electrons. The SMILES string of the molecule is CC(CNC(=O)c1ccccc1C(F)(F)F)C(=O)O. The standard InChI is InChI=1S/C12H12F3NO3/c1-7(11(18)19)6-16-10(17)8-4-2-3-5-9(8)12(13,14)15/h2-5,7H,6H2,1H3,(H,16,17)(H,18,19). The number of hydrogen-bond donors (Lipinski definition) is 2. The molecule has 0 fully saturated rings. The van der Waals surface area contributed by atoms with Crippen LogP contribution in [0.5, 0.6) is 0 Å². The number of alkyl halides is 3. The zero-order chi connectivity index (χ0) is 14.6. The van der Waals surface area contributed by atoms with Gasteiger partial charge in [-0.15, -0.1) is 0 Å². The van der Waals surface area contributed by atoms with Crippen LogP contribution in [0.15, 0.2) is 24.3 Å². The fourth-order valence-corrected chi connectivity index (χ4v) is 1.36. The van der Waals surface area contributed by atoms with Crippen molar-refractivity contribution >= 4 is 11.9 Å². The number of carboxylic acid groups (broad SMARTS) is 1. The Balaban J connectivity index is 2.86. The third kappa shape index (κ3) is 3.97. The molecule has 0 aromatic heterocycles. The van der Waals surface area contributed by atoms with Gasteiger partial charge in [0, 0.05) is 6.54 Å². The van der Waals surface area contributed by atoms with E-state index in [0.29, 0.717) is 0 Å². The van der Waals surface area contributed by atoms with Crippen LogP contribution < -0.4 is 5.32 Å². The summed E-state index contributed by atoms with van der Waals surface area (Å²) in [6, 6.07) is 4.34. The number of amides is 1. The minimum atomic E-state index is -4.63. The summed E-state index contributed by atoms with van der Waals surface area (Å²) in [7, 11) is 0. The topological polar surface area (TPSA) is 66.4 Å². The minimum Gasteiger partial charge on any atom is -0.481 e. The molecule has 1 aromatic rings. The molecular formula is C12H12F3NO3. The van der Waals surface area contributed by atoms with Crippen LogP contribution >= 0.6 is 0 Å². The van der Waals surface area contributed by atoms with Crippen LogP contribution in [-0.4, -0.2) is 23.5 Å². The fraction of sp³-hybridized carbons (Fsp3) is 0.333. The maximum absolute atomic E-state index is 12.7. The number of halogens is 3. The van der Waals surface area contributed by atoms with Crippen LogP contribution in [0.1, 0.15) is 22.8 Å². The van der Waals surface area contributed by atoms with E-state index in [9.17, 15) is 22.8 Å². The van der Waals surface area contributed by atoms with E-state index in [4.69, 9.17) is 5.11 Å². The Bertz CT molecular complexity index is 485. The monoisotopic (exact) mass is 275 g/mol. The van der Waals surface area contributed by atoms with Crippen LogP contribution in [0.3, 0.4) is 0 Å². The van der Waals surface area contributed by atoms with Crippen LogP contribution in [0, 0.1) is 5.92 Å². The number of nitrogens with one attached hydrogen (secondary N) is 1. The lowest BCUT2D eigenvalue weighted by Gasteiger charge is -2.13. The highest BCUT2D eigenvalue weighted by molar-refractivity contribution is 5.96. The second kappa shape index (κ2) is 5.73. The smallest absolute Gasteiger partial charge is 0.417 e. The number of aliphatic carboxylic acids is 1. The van der Waals surface area contributed by atoms with Gasteiger partial charge in [0.15, 0.2) is 0 Å². The lowest BCUT2D eigenvalue weighted by atomic mass is 10.1. The Morgan fingerprint density at radius 3 is 2.42 bits per heavy atom. The van der Waals surface area contributed by atoms with E-state index in [1.54, 1.807) is 0 Å². The maximum atomic E-state index is 12.7. The van der Waals surface area contributed by atoms with Gasteiger partial charge in [-0.25, -0.2) is 0 Å². The number of benzene rings is 1. The van der Waals surface area contributed by atoms with Gasteiger partial charge in [0.1, 0.15) is 0 Å². The molecule has 0 saturated heterocycles. The third-order valence-electron chi connectivity index (χ3n) is 2.47. The molecule has 0 spiro atoms. The highest BCUT2D eigenvalue weighted by Crippen LogP contribution is 2.31. The van der Waals surface area contributed by atoms with Crippen molar-refractivity contribution in [1.82, 2.24) is 5.32 Å². The minimum absolute atomic E-state index is 0.236. The predicted octanol–water partition coefficient (Wildman–Crippen LogP) is 2.16. The van der Waals surface area contributed by atoms with Crippen molar-refractivity contribution in [3.05, 3.63) is 35.4 Å². The Kier molecular flexibility index (Phi) is 4.52. The second-order valence-corrected chi connectivity index (χ2v) is 3.99. The van der Waals surface area contributed by atoms with Crippen molar-refractivity contribution < 1.29 is 27.9 Å². The molecule has 19 heavy (non-hydrogen) atoms. The summed E-state index contributed by atoms with van der Waals surface area (Å²) in [6.45, 7) is 1.11. The van der Waals surface area contributed by atoms with Crippen molar-refractivity contribution in [2.24, 2.45) is 5.92 Å². The summed E-state index contributed by atoms with van der Waals surface area (Å²) in [5, 5.41) is 10.8. The van der Waals surface area contributed by atoms with Crippen molar-refractivity contribution in [3.8, 4) is 0 Å². The molecule has 2 N–H and O–H groups in total. The second-order valence-electron chi connectivity index (χ2n) is 3.99. The molecule has 7 heteroatoms. The Morgan fingerprint density at radius 2 is 1.89 bits per heavy atom. The molecule has 4 nitrogen and oxygen atoms in total.